The van der Waals surface area contributed by atoms with Gasteiger partial charge in [-0.05, 0) is 56.2 Å². The van der Waals surface area contributed by atoms with Gasteiger partial charge in [0.15, 0.2) is 0 Å². The third-order valence-electron chi connectivity index (χ3n) is 5.29. The molecule has 1 heterocycles. The second kappa shape index (κ2) is 9.22. The molecule has 0 radical (unpaired) electrons. The minimum absolute atomic E-state index is 0.0787. The molecule has 1 saturated heterocycles. The molecule has 1 atom stereocenters. The van der Waals surface area contributed by atoms with Gasteiger partial charge in [-0.15, -0.1) is 0 Å². The highest BCUT2D eigenvalue weighted by Crippen LogP contribution is 2.22. The van der Waals surface area contributed by atoms with Gasteiger partial charge in [-0.3, -0.25) is 9.59 Å². The van der Waals surface area contributed by atoms with E-state index >= 15 is 0 Å². The van der Waals surface area contributed by atoms with Crippen LogP contribution in [0.5, 0.6) is 0 Å². The number of nitrogens with one attached hydrogen (secondary N) is 1. The Morgan fingerprint density at radius 2 is 2.00 bits per heavy atom. The minimum Gasteiger partial charge on any atom is -0.355 e. The van der Waals surface area contributed by atoms with Crippen molar-refractivity contribution in [1.29, 1.82) is 0 Å². The van der Waals surface area contributed by atoms with E-state index in [1.165, 1.54) is 31.3 Å². The molecule has 140 valence electrons. The molecule has 0 bridgehead atoms. The molecule has 1 aromatic rings. The van der Waals surface area contributed by atoms with E-state index in [1.54, 1.807) is 4.90 Å². The third-order valence-corrected chi connectivity index (χ3v) is 5.54. The zero-order valence-electron chi connectivity index (χ0n) is 15.2. The standard InChI is InChI=1S/C21H27ClN2O2/c22-19-9-6-17(7-10-19)14-24-15-18(8-11-20(24)25)21(26)23-13-12-16-4-2-1-3-5-16/h4,6-7,9-10,18H,1-3,5,8,11-15H2,(H,23,26)/t18-/m0/s1. The number of hydrogen-bond donors (Lipinski definition) is 1. The Morgan fingerprint density at radius 1 is 1.19 bits per heavy atom. The first kappa shape index (κ1) is 19.0. The summed E-state index contributed by atoms with van der Waals surface area (Å²) >= 11 is 5.91. The highest BCUT2D eigenvalue weighted by atomic mass is 35.5. The number of carbonyl (C=O) groups is 2. The van der Waals surface area contributed by atoms with E-state index in [0.717, 1.165) is 12.0 Å². The fourth-order valence-corrected chi connectivity index (χ4v) is 3.84. The summed E-state index contributed by atoms with van der Waals surface area (Å²) < 4.78 is 0. The Bertz CT molecular complexity index is 669. The number of benzene rings is 1. The van der Waals surface area contributed by atoms with Crippen LogP contribution in [-0.4, -0.2) is 29.8 Å². The molecule has 0 unspecified atom stereocenters. The smallest absolute Gasteiger partial charge is 0.224 e. The average Bonchev–Trinajstić information content (AvgIpc) is 2.66. The largest absolute Gasteiger partial charge is 0.355 e. The van der Waals surface area contributed by atoms with E-state index in [4.69, 9.17) is 11.6 Å². The molecular weight excluding hydrogens is 348 g/mol. The molecule has 2 amide bonds. The zero-order chi connectivity index (χ0) is 18.4. The second-order valence-electron chi connectivity index (χ2n) is 7.29. The number of halogens is 1. The fourth-order valence-electron chi connectivity index (χ4n) is 3.71. The van der Waals surface area contributed by atoms with Gasteiger partial charge >= 0.3 is 0 Å². The molecule has 2 aliphatic rings. The van der Waals surface area contributed by atoms with Crippen molar-refractivity contribution in [1.82, 2.24) is 10.2 Å². The first-order valence-electron chi connectivity index (χ1n) is 9.59. The van der Waals surface area contributed by atoms with Gasteiger partial charge < -0.3 is 10.2 Å². The number of carbonyl (C=O) groups excluding carboxylic acids is 2. The Morgan fingerprint density at radius 3 is 2.73 bits per heavy atom. The summed E-state index contributed by atoms with van der Waals surface area (Å²) in [5.41, 5.74) is 2.51. The lowest BCUT2D eigenvalue weighted by Crippen LogP contribution is -2.45. The molecule has 1 N–H and O–H groups in total. The SMILES string of the molecule is O=C(NCCC1=CCCCC1)[C@H]1CCC(=O)N(Cc2ccc(Cl)cc2)C1. The lowest BCUT2D eigenvalue weighted by molar-refractivity contribution is -0.138. The maximum absolute atomic E-state index is 12.5. The van der Waals surface area contributed by atoms with E-state index in [9.17, 15) is 9.59 Å². The van der Waals surface area contributed by atoms with E-state index < -0.39 is 0 Å². The number of rotatable bonds is 6. The van der Waals surface area contributed by atoms with Gasteiger partial charge in [-0.2, -0.15) is 0 Å². The van der Waals surface area contributed by atoms with E-state index in [2.05, 4.69) is 11.4 Å². The van der Waals surface area contributed by atoms with Crippen LogP contribution in [0.15, 0.2) is 35.9 Å². The third kappa shape index (κ3) is 5.34. The number of likely N-dealkylation sites (tertiary alicyclic amines) is 1. The van der Waals surface area contributed by atoms with Crippen LogP contribution in [0.4, 0.5) is 0 Å². The van der Waals surface area contributed by atoms with Gasteiger partial charge in [0, 0.05) is 31.1 Å². The molecule has 4 nitrogen and oxygen atoms in total. The van der Waals surface area contributed by atoms with Crippen molar-refractivity contribution in [2.24, 2.45) is 5.92 Å². The number of hydrogen-bond acceptors (Lipinski definition) is 2. The Balaban J connectivity index is 1.48. The van der Waals surface area contributed by atoms with E-state index in [-0.39, 0.29) is 17.7 Å². The quantitative estimate of drug-likeness (QED) is 0.762. The number of amides is 2. The maximum Gasteiger partial charge on any atom is 0.224 e. The topological polar surface area (TPSA) is 49.4 Å². The molecule has 1 aromatic carbocycles. The lowest BCUT2D eigenvalue weighted by Gasteiger charge is -2.32. The van der Waals surface area contributed by atoms with Gasteiger partial charge in [-0.25, -0.2) is 0 Å². The van der Waals surface area contributed by atoms with Crippen LogP contribution in [0.1, 0.15) is 50.5 Å². The first-order valence-corrected chi connectivity index (χ1v) is 9.97. The van der Waals surface area contributed by atoms with Crippen molar-refractivity contribution < 1.29 is 9.59 Å². The van der Waals surface area contributed by atoms with Crippen molar-refractivity contribution in [3.8, 4) is 0 Å². The summed E-state index contributed by atoms with van der Waals surface area (Å²) in [7, 11) is 0. The average molecular weight is 375 g/mol. The second-order valence-corrected chi connectivity index (χ2v) is 7.72. The van der Waals surface area contributed by atoms with Crippen LogP contribution in [0.2, 0.25) is 5.02 Å². The van der Waals surface area contributed by atoms with E-state index in [0.29, 0.717) is 37.5 Å². The normalized spacial score (nSPS) is 20.7. The Kier molecular flexibility index (Phi) is 6.73. The highest BCUT2D eigenvalue weighted by Gasteiger charge is 2.30. The molecule has 26 heavy (non-hydrogen) atoms. The summed E-state index contributed by atoms with van der Waals surface area (Å²) in [5, 5.41) is 3.76. The lowest BCUT2D eigenvalue weighted by atomic mass is 9.95. The summed E-state index contributed by atoms with van der Waals surface area (Å²) in [4.78, 5) is 26.5. The fraction of sp³-hybridized carbons (Fsp3) is 0.524. The van der Waals surface area contributed by atoms with Crippen molar-refractivity contribution in [2.75, 3.05) is 13.1 Å². The molecule has 1 aliphatic carbocycles. The molecule has 3 rings (SSSR count). The van der Waals surface area contributed by atoms with Crippen LogP contribution in [0, 0.1) is 5.92 Å². The van der Waals surface area contributed by atoms with Gasteiger partial charge in [0.05, 0.1) is 5.92 Å². The van der Waals surface area contributed by atoms with Crippen LogP contribution in [-0.2, 0) is 16.1 Å². The van der Waals surface area contributed by atoms with Crippen LogP contribution in [0.3, 0.4) is 0 Å². The van der Waals surface area contributed by atoms with Crippen molar-refractivity contribution in [2.45, 2.75) is 51.5 Å². The van der Waals surface area contributed by atoms with Crippen molar-refractivity contribution in [3.05, 3.63) is 46.5 Å². The molecule has 0 saturated carbocycles. The summed E-state index contributed by atoms with van der Waals surface area (Å²) in [6.07, 6.45) is 9.26. The summed E-state index contributed by atoms with van der Waals surface area (Å²) in [6.45, 7) is 1.73. The van der Waals surface area contributed by atoms with Gasteiger partial charge in [0.1, 0.15) is 0 Å². The summed E-state index contributed by atoms with van der Waals surface area (Å²) in [6, 6.07) is 7.51. The molecule has 5 heteroatoms. The Hall–Kier alpha value is -1.81. The molecular formula is C21H27ClN2O2. The molecule has 1 aliphatic heterocycles. The predicted molar refractivity (Wildman–Crippen MR) is 104 cm³/mol. The van der Waals surface area contributed by atoms with Crippen LogP contribution in [0.25, 0.3) is 0 Å². The number of allylic oxidation sites excluding steroid dienone is 1. The maximum atomic E-state index is 12.5. The van der Waals surface area contributed by atoms with E-state index in [1.807, 2.05) is 24.3 Å². The molecule has 0 spiro atoms. The highest BCUT2D eigenvalue weighted by molar-refractivity contribution is 6.30. The first-order chi connectivity index (χ1) is 12.6. The molecule has 0 aromatic heterocycles. The number of piperidine rings is 1. The van der Waals surface area contributed by atoms with Gasteiger partial charge in [0.2, 0.25) is 11.8 Å². The predicted octanol–water partition coefficient (Wildman–Crippen LogP) is 4.09. The van der Waals surface area contributed by atoms with Crippen molar-refractivity contribution >= 4 is 23.4 Å². The zero-order valence-corrected chi connectivity index (χ0v) is 15.9. The Labute approximate surface area is 160 Å². The van der Waals surface area contributed by atoms with Gasteiger partial charge in [-0.1, -0.05) is 35.4 Å². The molecule has 1 fully saturated rings. The van der Waals surface area contributed by atoms with Crippen LogP contribution < -0.4 is 5.32 Å². The monoisotopic (exact) mass is 374 g/mol. The van der Waals surface area contributed by atoms with Crippen LogP contribution >= 0.6 is 11.6 Å². The summed E-state index contributed by atoms with van der Waals surface area (Å²) in [5.74, 6) is 0.0895. The van der Waals surface area contributed by atoms with Crippen molar-refractivity contribution in [3.63, 3.8) is 0 Å². The van der Waals surface area contributed by atoms with Gasteiger partial charge in [0.25, 0.3) is 0 Å². The minimum atomic E-state index is -0.111. The number of nitrogens with zero attached hydrogens (tertiary/aromatic N) is 1.